The van der Waals surface area contributed by atoms with Crippen molar-refractivity contribution < 1.29 is 9.53 Å². The molecule has 0 unspecified atom stereocenters. The van der Waals surface area contributed by atoms with Crippen molar-refractivity contribution in [2.75, 3.05) is 36.9 Å². The van der Waals surface area contributed by atoms with Crippen LogP contribution in [0.2, 0.25) is 0 Å². The summed E-state index contributed by atoms with van der Waals surface area (Å²) in [5.41, 5.74) is 3.06. The van der Waals surface area contributed by atoms with Crippen LogP contribution < -0.4 is 10.6 Å². The number of aromatic nitrogens is 2. The number of nitrogens with zero attached hydrogens (tertiary/aromatic N) is 3. The van der Waals surface area contributed by atoms with E-state index in [-0.39, 0.29) is 6.03 Å². The van der Waals surface area contributed by atoms with Gasteiger partial charge in [-0.15, -0.1) is 6.42 Å². The summed E-state index contributed by atoms with van der Waals surface area (Å²) in [6.45, 7) is 2.29. The van der Waals surface area contributed by atoms with Gasteiger partial charge in [0.15, 0.2) is 0 Å². The predicted octanol–water partition coefficient (Wildman–Crippen LogP) is 3.22. The Morgan fingerprint density at radius 2 is 1.96 bits per heavy atom. The fourth-order valence-corrected chi connectivity index (χ4v) is 3.03. The number of carbonyl (C=O) groups is 1. The summed E-state index contributed by atoms with van der Waals surface area (Å²) in [4.78, 5) is 22.8. The standard InChI is InChI=1S/C21H19N5O2/c1-2-15-4-3-5-16(12-15)24-20-18-13-17(6-7-19(18)22-14-23-20)25-21(27)26-8-10-28-11-9-26/h1,3-7,12-14H,8-11H2,(H,25,27)(H,22,23,24). The van der Waals surface area contributed by atoms with Gasteiger partial charge in [-0.05, 0) is 36.4 Å². The molecule has 1 fully saturated rings. The first-order valence-corrected chi connectivity index (χ1v) is 8.95. The van der Waals surface area contributed by atoms with E-state index in [0.29, 0.717) is 37.8 Å². The summed E-state index contributed by atoms with van der Waals surface area (Å²) >= 11 is 0. The van der Waals surface area contributed by atoms with E-state index in [9.17, 15) is 4.79 Å². The van der Waals surface area contributed by atoms with Crippen LogP contribution in [0.3, 0.4) is 0 Å². The molecule has 0 spiro atoms. The molecular formula is C21H19N5O2. The van der Waals surface area contributed by atoms with Crippen molar-refractivity contribution in [2.45, 2.75) is 0 Å². The highest BCUT2D eigenvalue weighted by atomic mass is 16.5. The average Bonchev–Trinajstić information content (AvgIpc) is 2.75. The molecule has 1 aromatic heterocycles. The van der Waals surface area contributed by atoms with Crippen LogP contribution in [0.1, 0.15) is 5.56 Å². The molecule has 0 aliphatic carbocycles. The SMILES string of the molecule is C#Cc1cccc(Nc2ncnc3ccc(NC(=O)N4CCOCC4)cc23)c1. The second kappa shape index (κ2) is 7.94. The Morgan fingerprint density at radius 3 is 2.79 bits per heavy atom. The minimum Gasteiger partial charge on any atom is -0.378 e. The summed E-state index contributed by atoms with van der Waals surface area (Å²) in [7, 11) is 0. The van der Waals surface area contributed by atoms with Crippen LogP contribution in [0.25, 0.3) is 10.9 Å². The highest BCUT2D eigenvalue weighted by Crippen LogP contribution is 2.26. The summed E-state index contributed by atoms with van der Waals surface area (Å²) < 4.78 is 5.29. The van der Waals surface area contributed by atoms with E-state index in [1.807, 2.05) is 42.5 Å². The zero-order chi connectivity index (χ0) is 19.3. The van der Waals surface area contributed by atoms with E-state index in [0.717, 1.165) is 22.2 Å². The Morgan fingerprint density at radius 1 is 1.11 bits per heavy atom. The number of morpholine rings is 1. The highest BCUT2D eigenvalue weighted by Gasteiger charge is 2.17. The molecule has 0 saturated carbocycles. The topological polar surface area (TPSA) is 79.4 Å². The number of anilines is 3. The lowest BCUT2D eigenvalue weighted by molar-refractivity contribution is 0.0564. The van der Waals surface area contributed by atoms with Crippen molar-refractivity contribution in [2.24, 2.45) is 0 Å². The number of urea groups is 1. The van der Waals surface area contributed by atoms with E-state index in [4.69, 9.17) is 11.2 Å². The number of hydrogen-bond donors (Lipinski definition) is 2. The third kappa shape index (κ3) is 3.87. The summed E-state index contributed by atoms with van der Waals surface area (Å²) in [5.74, 6) is 3.26. The predicted molar refractivity (Wildman–Crippen MR) is 109 cm³/mol. The van der Waals surface area contributed by atoms with Gasteiger partial charge in [0.1, 0.15) is 12.1 Å². The number of fused-ring (bicyclic) bond motifs is 1. The zero-order valence-corrected chi connectivity index (χ0v) is 15.2. The van der Waals surface area contributed by atoms with Gasteiger partial charge < -0.3 is 20.3 Å². The van der Waals surface area contributed by atoms with Gasteiger partial charge >= 0.3 is 6.03 Å². The van der Waals surface area contributed by atoms with E-state index in [2.05, 4.69) is 26.5 Å². The quantitative estimate of drug-likeness (QED) is 0.689. The molecule has 1 aliphatic heterocycles. The third-order valence-corrected chi connectivity index (χ3v) is 4.48. The van der Waals surface area contributed by atoms with Crippen molar-refractivity contribution in [1.82, 2.24) is 14.9 Å². The lowest BCUT2D eigenvalue weighted by atomic mass is 10.2. The molecule has 4 rings (SSSR count). The van der Waals surface area contributed by atoms with Crippen LogP contribution in [0.4, 0.5) is 22.0 Å². The Bertz CT molecular complexity index is 1050. The molecule has 0 radical (unpaired) electrons. The summed E-state index contributed by atoms with van der Waals surface area (Å²) in [6.07, 6.45) is 6.98. The largest absolute Gasteiger partial charge is 0.378 e. The van der Waals surface area contributed by atoms with E-state index in [1.165, 1.54) is 6.33 Å². The molecule has 1 saturated heterocycles. The van der Waals surface area contributed by atoms with Gasteiger partial charge in [0.2, 0.25) is 0 Å². The van der Waals surface area contributed by atoms with Crippen LogP contribution in [-0.4, -0.2) is 47.2 Å². The van der Waals surface area contributed by atoms with Gasteiger partial charge in [0, 0.05) is 35.4 Å². The molecule has 2 heterocycles. The van der Waals surface area contributed by atoms with E-state index >= 15 is 0 Å². The molecule has 0 atom stereocenters. The molecule has 2 amide bonds. The maximum atomic E-state index is 12.4. The average molecular weight is 373 g/mol. The number of nitrogens with one attached hydrogen (secondary N) is 2. The van der Waals surface area contributed by atoms with Crippen molar-refractivity contribution in [3.63, 3.8) is 0 Å². The number of rotatable bonds is 3. The molecule has 28 heavy (non-hydrogen) atoms. The number of amides is 2. The molecule has 1 aliphatic rings. The van der Waals surface area contributed by atoms with Crippen molar-refractivity contribution in [3.05, 3.63) is 54.4 Å². The van der Waals surface area contributed by atoms with Crippen molar-refractivity contribution in [3.8, 4) is 12.3 Å². The number of terminal acetylenes is 1. The van der Waals surface area contributed by atoms with E-state index < -0.39 is 0 Å². The molecule has 2 aromatic carbocycles. The normalized spacial score (nSPS) is 13.8. The van der Waals surface area contributed by atoms with E-state index in [1.54, 1.807) is 4.90 Å². The van der Waals surface area contributed by atoms with Gasteiger partial charge in [-0.1, -0.05) is 12.0 Å². The number of benzene rings is 2. The zero-order valence-electron chi connectivity index (χ0n) is 15.2. The molecule has 7 nitrogen and oxygen atoms in total. The van der Waals surface area contributed by atoms with Crippen LogP contribution in [0, 0.1) is 12.3 Å². The fourth-order valence-electron chi connectivity index (χ4n) is 3.03. The molecule has 140 valence electrons. The van der Waals surface area contributed by atoms with Gasteiger partial charge in [-0.3, -0.25) is 0 Å². The number of ether oxygens (including phenoxy) is 1. The van der Waals surface area contributed by atoms with Gasteiger partial charge in [0.05, 0.1) is 18.7 Å². The molecule has 0 bridgehead atoms. The Labute approximate surface area is 162 Å². The number of hydrogen-bond acceptors (Lipinski definition) is 5. The minimum absolute atomic E-state index is 0.143. The molecule has 3 aromatic rings. The lowest BCUT2D eigenvalue weighted by Gasteiger charge is -2.27. The Kier molecular flexibility index (Phi) is 5.04. The Hall–Kier alpha value is -3.63. The van der Waals surface area contributed by atoms with Crippen LogP contribution in [-0.2, 0) is 4.74 Å². The van der Waals surface area contributed by atoms with Crippen molar-refractivity contribution in [1.29, 1.82) is 0 Å². The first-order valence-electron chi connectivity index (χ1n) is 8.95. The monoisotopic (exact) mass is 373 g/mol. The first kappa shape index (κ1) is 17.8. The van der Waals surface area contributed by atoms with Gasteiger partial charge in [0.25, 0.3) is 0 Å². The molecule has 7 heteroatoms. The summed E-state index contributed by atoms with van der Waals surface area (Å²) in [5, 5.41) is 7.01. The minimum atomic E-state index is -0.143. The van der Waals surface area contributed by atoms with Crippen LogP contribution in [0.5, 0.6) is 0 Å². The van der Waals surface area contributed by atoms with Crippen molar-refractivity contribution >= 4 is 34.1 Å². The second-order valence-electron chi connectivity index (χ2n) is 6.33. The maximum Gasteiger partial charge on any atom is 0.321 e. The fraction of sp³-hybridized carbons (Fsp3) is 0.190. The van der Waals surface area contributed by atoms with Crippen LogP contribution in [0.15, 0.2) is 48.8 Å². The highest BCUT2D eigenvalue weighted by molar-refractivity contribution is 5.96. The van der Waals surface area contributed by atoms with Gasteiger partial charge in [-0.25, -0.2) is 14.8 Å². The Balaban J connectivity index is 1.60. The third-order valence-electron chi connectivity index (χ3n) is 4.48. The second-order valence-corrected chi connectivity index (χ2v) is 6.33. The number of carbonyl (C=O) groups excluding carboxylic acids is 1. The van der Waals surface area contributed by atoms with Gasteiger partial charge in [-0.2, -0.15) is 0 Å². The first-order chi connectivity index (χ1) is 13.7. The van der Waals surface area contributed by atoms with Crippen LogP contribution >= 0.6 is 0 Å². The lowest BCUT2D eigenvalue weighted by Crippen LogP contribution is -2.43. The molecule has 2 N–H and O–H groups in total. The maximum absolute atomic E-state index is 12.4. The smallest absolute Gasteiger partial charge is 0.321 e. The summed E-state index contributed by atoms with van der Waals surface area (Å²) in [6, 6.07) is 12.9. The molecular weight excluding hydrogens is 354 g/mol.